The molecule has 0 radical (unpaired) electrons. The molecule has 0 unspecified atom stereocenters. The van der Waals surface area contributed by atoms with E-state index in [0.29, 0.717) is 33.5 Å². The molecule has 2 fully saturated rings. The zero-order valence-corrected chi connectivity index (χ0v) is 29.3. The molecule has 2 saturated heterocycles. The average molecular weight is 751 g/mol. The van der Waals surface area contributed by atoms with Gasteiger partial charge in [-0.2, -0.15) is 0 Å². The lowest BCUT2D eigenvalue weighted by Crippen LogP contribution is -2.55. The fraction of sp³-hybridized carbons (Fsp3) is 0.515. The first-order valence-electron chi connectivity index (χ1n) is 16.2. The minimum Gasteiger partial charge on any atom is -0.434 e. The molecule has 0 bridgehead atoms. The van der Waals surface area contributed by atoms with Gasteiger partial charge in [0.2, 0.25) is 27.6 Å². The van der Waals surface area contributed by atoms with Gasteiger partial charge in [0, 0.05) is 23.0 Å². The Bertz CT molecular complexity index is 1700. The summed E-state index contributed by atoms with van der Waals surface area (Å²) in [6, 6.07) is 8.34. The van der Waals surface area contributed by atoms with E-state index >= 15 is 0 Å². The van der Waals surface area contributed by atoms with Crippen LogP contribution in [0.3, 0.4) is 0 Å². The second kappa shape index (κ2) is 16.0. The maximum Gasteiger partial charge on any atom is 0.266 e. The van der Waals surface area contributed by atoms with Crippen molar-refractivity contribution in [1.82, 2.24) is 25.2 Å². The van der Waals surface area contributed by atoms with Gasteiger partial charge in [-0.1, -0.05) is 41.1 Å². The summed E-state index contributed by atoms with van der Waals surface area (Å²) in [6.45, 7) is 3.31. The fourth-order valence-corrected chi connectivity index (χ4v) is 7.34. The van der Waals surface area contributed by atoms with Crippen molar-refractivity contribution >= 4 is 54.7 Å². The minimum absolute atomic E-state index is 0.0276. The van der Waals surface area contributed by atoms with Crippen LogP contribution >= 0.6 is 15.9 Å². The molecule has 3 N–H and O–H groups in total. The standard InChI is InChI=1S/C33H41BrFN5O7S/c1-3-25(30(41)32-38-26-6-4-5-7-29(26)47-32)37-31(42)28-17-23(46-19-21-9-10-22(34)16-24(21)35)18-40(28)33(43)27(39-48(2,44)45)11-8-20-12-14-36-15-13-20/h4-7,9-10,16,20,23,25,27-28,36,39H,3,8,11-15,17-19H2,1-2H3,(H,37,42)/t23-,25+,27-,28+/m1/s1. The number of fused-ring (bicyclic) bond motifs is 1. The van der Waals surface area contributed by atoms with Crippen molar-refractivity contribution in [3.05, 3.63) is 64.2 Å². The van der Waals surface area contributed by atoms with Gasteiger partial charge < -0.3 is 24.7 Å². The van der Waals surface area contributed by atoms with Gasteiger partial charge in [-0.25, -0.2) is 22.5 Å². The van der Waals surface area contributed by atoms with Crippen molar-refractivity contribution < 1.29 is 36.3 Å². The van der Waals surface area contributed by atoms with Gasteiger partial charge in [0.15, 0.2) is 5.58 Å². The Labute approximate surface area is 287 Å². The first-order chi connectivity index (χ1) is 22.9. The highest BCUT2D eigenvalue weighted by molar-refractivity contribution is 9.10. The number of nitrogens with zero attached hydrogens (tertiary/aromatic N) is 2. The number of aromatic nitrogens is 1. The van der Waals surface area contributed by atoms with Crippen LogP contribution in [0.1, 0.15) is 61.7 Å². The molecule has 260 valence electrons. The van der Waals surface area contributed by atoms with Crippen molar-refractivity contribution in [3.63, 3.8) is 0 Å². The number of halogens is 2. The molecule has 2 amide bonds. The van der Waals surface area contributed by atoms with Gasteiger partial charge >= 0.3 is 0 Å². The summed E-state index contributed by atoms with van der Waals surface area (Å²) < 4.78 is 54.0. The molecule has 0 saturated carbocycles. The number of rotatable bonds is 14. The van der Waals surface area contributed by atoms with E-state index in [2.05, 4.69) is 36.3 Å². The monoisotopic (exact) mass is 749 g/mol. The molecule has 1 aromatic heterocycles. The van der Waals surface area contributed by atoms with Gasteiger partial charge in [0.1, 0.15) is 23.4 Å². The van der Waals surface area contributed by atoms with Crippen molar-refractivity contribution in [2.75, 3.05) is 25.9 Å². The van der Waals surface area contributed by atoms with Crippen LogP contribution in [0.2, 0.25) is 0 Å². The number of piperidine rings is 1. The van der Waals surface area contributed by atoms with Crippen LogP contribution in [0, 0.1) is 11.7 Å². The lowest BCUT2D eigenvalue weighted by molar-refractivity contribution is -0.140. The number of para-hydroxylation sites is 2. The normalized spacial score (nSPS) is 20.1. The van der Waals surface area contributed by atoms with E-state index in [1.165, 1.54) is 11.0 Å². The quantitative estimate of drug-likeness (QED) is 0.209. The van der Waals surface area contributed by atoms with Crippen molar-refractivity contribution in [2.24, 2.45) is 5.92 Å². The summed E-state index contributed by atoms with van der Waals surface area (Å²) >= 11 is 3.24. The van der Waals surface area contributed by atoms with Gasteiger partial charge in [-0.3, -0.25) is 14.4 Å². The first-order valence-corrected chi connectivity index (χ1v) is 18.8. The van der Waals surface area contributed by atoms with Crippen LogP contribution in [0.15, 0.2) is 51.4 Å². The number of sulfonamides is 1. The second-order valence-electron chi connectivity index (χ2n) is 12.4. The number of benzene rings is 2. The van der Waals surface area contributed by atoms with E-state index in [-0.39, 0.29) is 38.3 Å². The summed E-state index contributed by atoms with van der Waals surface area (Å²) in [5.74, 6) is -1.96. The number of ketones is 1. The second-order valence-corrected chi connectivity index (χ2v) is 15.1. The Hall–Kier alpha value is -3.24. The van der Waals surface area contributed by atoms with Crippen LogP contribution in [0.25, 0.3) is 11.1 Å². The Balaban J connectivity index is 1.35. The highest BCUT2D eigenvalue weighted by Gasteiger charge is 2.44. The summed E-state index contributed by atoms with van der Waals surface area (Å²) in [7, 11) is -3.78. The SMILES string of the molecule is CC[C@H](NC(=O)[C@@H]1C[C@@H](OCc2ccc(Br)cc2F)CN1C(=O)[C@@H](CCC1CCNCC1)NS(C)(=O)=O)C(=O)c1nc2ccccc2o1. The zero-order chi connectivity index (χ0) is 34.4. The number of oxazole rings is 1. The van der Waals surface area contributed by atoms with E-state index < -0.39 is 57.7 Å². The first kappa shape index (κ1) is 36.1. The smallest absolute Gasteiger partial charge is 0.266 e. The van der Waals surface area contributed by atoms with Gasteiger partial charge in [-0.15, -0.1) is 0 Å². The number of likely N-dealkylation sites (tertiary alicyclic amines) is 1. The number of carbonyl (C=O) groups is 3. The largest absolute Gasteiger partial charge is 0.434 e. The number of ether oxygens (including phenoxy) is 1. The van der Waals surface area contributed by atoms with Crippen molar-refractivity contribution in [2.45, 2.75) is 76.3 Å². The maximum absolute atomic E-state index is 14.5. The third-order valence-electron chi connectivity index (χ3n) is 8.86. The number of nitrogens with one attached hydrogen (secondary N) is 3. The molecule has 0 aliphatic carbocycles. The zero-order valence-electron chi connectivity index (χ0n) is 26.9. The molecule has 3 aromatic rings. The third-order valence-corrected chi connectivity index (χ3v) is 10.1. The van der Waals surface area contributed by atoms with E-state index in [1.54, 1.807) is 43.3 Å². The van der Waals surface area contributed by atoms with Crippen LogP contribution in [0.5, 0.6) is 0 Å². The number of Topliss-reactive ketones (excluding diaryl/α,β-unsaturated/α-hetero) is 1. The highest BCUT2D eigenvalue weighted by atomic mass is 79.9. The topological polar surface area (TPSA) is 160 Å². The molecular weight excluding hydrogens is 709 g/mol. The molecule has 4 atom stereocenters. The van der Waals surface area contributed by atoms with Crippen molar-refractivity contribution in [1.29, 1.82) is 0 Å². The molecule has 3 heterocycles. The molecule has 5 rings (SSSR count). The lowest BCUT2D eigenvalue weighted by atomic mass is 9.91. The average Bonchev–Trinajstić information content (AvgIpc) is 3.69. The highest BCUT2D eigenvalue weighted by Crippen LogP contribution is 2.27. The van der Waals surface area contributed by atoms with E-state index in [0.717, 1.165) is 32.2 Å². The van der Waals surface area contributed by atoms with Gasteiger partial charge in [0.25, 0.3) is 5.89 Å². The summed E-state index contributed by atoms with van der Waals surface area (Å²) in [5, 5.41) is 6.07. The van der Waals surface area contributed by atoms with E-state index in [1.807, 2.05) is 0 Å². The number of carbonyl (C=O) groups excluding carboxylic acids is 3. The molecule has 0 spiro atoms. The fourth-order valence-electron chi connectivity index (χ4n) is 6.27. The van der Waals surface area contributed by atoms with Gasteiger partial charge in [0.05, 0.1) is 25.0 Å². The Morgan fingerprint density at radius 1 is 1.17 bits per heavy atom. The predicted octanol–water partition coefficient (Wildman–Crippen LogP) is 3.69. The van der Waals surface area contributed by atoms with Crippen molar-refractivity contribution in [3.8, 4) is 0 Å². The third kappa shape index (κ3) is 9.26. The molecule has 15 heteroatoms. The maximum atomic E-state index is 14.5. The Morgan fingerprint density at radius 2 is 1.92 bits per heavy atom. The van der Waals surface area contributed by atoms with Gasteiger partial charge in [-0.05, 0) is 75.4 Å². The minimum atomic E-state index is -3.78. The molecular formula is C33H41BrFN5O7S. The molecule has 12 nitrogen and oxygen atoms in total. The van der Waals surface area contributed by atoms with Crippen LogP contribution < -0.4 is 15.4 Å². The number of hydrogen-bond acceptors (Lipinski definition) is 9. The summed E-state index contributed by atoms with van der Waals surface area (Å²) in [5.41, 5.74) is 1.24. The van der Waals surface area contributed by atoms with E-state index in [4.69, 9.17) is 9.15 Å². The molecule has 2 aromatic carbocycles. The Morgan fingerprint density at radius 3 is 2.60 bits per heavy atom. The molecule has 48 heavy (non-hydrogen) atoms. The lowest BCUT2D eigenvalue weighted by Gasteiger charge is -2.30. The van der Waals surface area contributed by atoms with Crippen LogP contribution in [-0.4, -0.2) is 86.0 Å². The summed E-state index contributed by atoms with van der Waals surface area (Å²) in [6.07, 6.45) is 3.34. The number of hydrogen-bond donors (Lipinski definition) is 3. The Kier molecular flexibility index (Phi) is 12.0. The molecule has 2 aliphatic heterocycles. The van der Waals surface area contributed by atoms with Crippen LogP contribution in [-0.2, 0) is 31.0 Å². The summed E-state index contributed by atoms with van der Waals surface area (Å²) in [4.78, 5) is 47.0. The molecule has 2 aliphatic rings. The van der Waals surface area contributed by atoms with E-state index in [9.17, 15) is 27.2 Å². The number of amides is 2. The van der Waals surface area contributed by atoms with Crippen LogP contribution in [0.4, 0.5) is 4.39 Å². The predicted molar refractivity (Wildman–Crippen MR) is 180 cm³/mol.